The highest BCUT2D eigenvalue weighted by Gasteiger charge is 2.31. The average molecular weight is 355 g/mol. The minimum atomic E-state index is -3.17. The lowest BCUT2D eigenvalue weighted by molar-refractivity contribution is -0.140. The van der Waals surface area contributed by atoms with E-state index in [1.165, 1.54) is 4.31 Å². The number of sulfonamides is 1. The summed E-state index contributed by atoms with van der Waals surface area (Å²) in [5, 5.41) is 0. The van der Waals surface area contributed by atoms with E-state index in [2.05, 4.69) is 0 Å². The minimum Gasteiger partial charge on any atom is -0.494 e. The molecule has 1 fully saturated rings. The minimum absolute atomic E-state index is 0.0918. The number of hydrogen-bond acceptors (Lipinski definition) is 5. The van der Waals surface area contributed by atoms with Gasteiger partial charge in [0, 0.05) is 13.1 Å². The van der Waals surface area contributed by atoms with Crippen LogP contribution in [0.1, 0.15) is 33.1 Å². The molecule has 0 aromatic heterocycles. The summed E-state index contributed by atoms with van der Waals surface area (Å²) in [4.78, 5) is 12.2. The van der Waals surface area contributed by atoms with Crippen molar-refractivity contribution < 1.29 is 22.7 Å². The Bertz CT molecular complexity index is 633. The number of carbonyl (C=O) groups excluding carboxylic acids is 1. The number of ether oxygens (including phenoxy) is 2. The van der Waals surface area contributed by atoms with E-state index in [0.717, 1.165) is 12.2 Å². The molecule has 0 radical (unpaired) electrons. The Balaban J connectivity index is 1.85. The van der Waals surface area contributed by atoms with Crippen LogP contribution in [-0.2, 0) is 14.8 Å². The van der Waals surface area contributed by atoms with Gasteiger partial charge in [0.15, 0.2) is 0 Å². The van der Waals surface area contributed by atoms with Crippen molar-refractivity contribution >= 4 is 16.0 Å². The molecule has 0 amide bonds. The molecule has 0 unspecified atom stereocenters. The Morgan fingerprint density at radius 2 is 1.71 bits per heavy atom. The van der Waals surface area contributed by atoms with Crippen molar-refractivity contribution in [3.05, 3.63) is 24.3 Å². The normalized spacial score (nSPS) is 16.8. The molecule has 6 nitrogen and oxygen atoms in total. The van der Waals surface area contributed by atoms with E-state index in [1.54, 1.807) is 31.2 Å². The van der Waals surface area contributed by atoms with E-state index in [0.29, 0.717) is 38.3 Å². The number of piperidine rings is 1. The quantitative estimate of drug-likeness (QED) is 0.555. The fourth-order valence-electron chi connectivity index (χ4n) is 2.58. The Morgan fingerprint density at radius 3 is 2.25 bits per heavy atom. The Kier molecular flexibility index (Phi) is 6.62. The van der Waals surface area contributed by atoms with E-state index in [1.807, 2.05) is 6.92 Å². The second-order valence-corrected chi connectivity index (χ2v) is 8.07. The van der Waals surface area contributed by atoms with Crippen LogP contribution in [0.25, 0.3) is 0 Å². The summed E-state index contributed by atoms with van der Waals surface area (Å²) < 4.78 is 36.0. The highest BCUT2D eigenvalue weighted by Crippen LogP contribution is 2.23. The van der Waals surface area contributed by atoms with Crippen LogP contribution < -0.4 is 9.47 Å². The lowest BCUT2D eigenvalue weighted by atomic mass is 9.98. The zero-order chi connectivity index (χ0) is 17.6. The average Bonchev–Trinajstić information content (AvgIpc) is 2.61. The standard InChI is InChI=1S/C17H25NO5S/c1-3-13-22-15-5-7-16(8-6-15)23-17(19)14-9-11-18(12-10-14)24(20,21)4-2/h5-8,14H,3-4,9-13H2,1-2H3. The summed E-state index contributed by atoms with van der Waals surface area (Å²) in [6, 6.07) is 6.96. The molecular weight excluding hydrogens is 330 g/mol. The van der Waals surface area contributed by atoms with Crippen LogP contribution in [0.5, 0.6) is 11.5 Å². The second kappa shape index (κ2) is 8.48. The number of hydrogen-bond donors (Lipinski definition) is 0. The van der Waals surface area contributed by atoms with Gasteiger partial charge < -0.3 is 9.47 Å². The number of nitrogens with zero attached hydrogens (tertiary/aromatic N) is 1. The molecule has 1 heterocycles. The predicted octanol–water partition coefficient (Wildman–Crippen LogP) is 2.44. The Labute approximate surface area is 143 Å². The first-order chi connectivity index (χ1) is 11.5. The smallest absolute Gasteiger partial charge is 0.314 e. The van der Waals surface area contributed by atoms with E-state index in [9.17, 15) is 13.2 Å². The van der Waals surface area contributed by atoms with Gasteiger partial charge in [0.1, 0.15) is 11.5 Å². The molecule has 1 aromatic carbocycles. The first kappa shape index (κ1) is 18.7. The monoisotopic (exact) mass is 355 g/mol. The fourth-order valence-corrected chi connectivity index (χ4v) is 3.71. The zero-order valence-electron chi connectivity index (χ0n) is 14.2. The number of carbonyl (C=O) groups is 1. The molecule has 0 spiro atoms. The second-order valence-electron chi connectivity index (χ2n) is 5.81. The predicted molar refractivity (Wildman–Crippen MR) is 91.6 cm³/mol. The lowest BCUT2D eigenvalue weighted by Gasteiger charge is -2.29. The van der Waals surface area contributed by atoms with Gasteiger partial charge in [-0.2, -0.15) is 0 Å². The molecule has 0 saturated carbocycles. The van der Waals surface area contributed by atoms with Gasteiger partial charge in [-0.05, 0) is 50.5 Å². The third-order valence-corrected chi connectivity index (χ3v) is 5.94. The highest BCUT2D eigenvalue weighted by molar-refractivity contribution is 7.89. The molecule has 1 aromatic rings. The lowest BCUT2D eigenvalue weighted by Crippen LogP contribution is -2.41. The molecule has 2 rings (SSSR count). The maximum atomic E-state index is 12.2. The van der Waals surface area contributed by atoms with E-state index in [4.69, 9.17) is 9.47 Å². The van der Waals surface area contributed by atoms with E-state index < -0.39 is 10.0 Å². The molecule has 0 atom stereocenters. The molecular formula is C17H25NO5S. The SMILES string of the molecule is CCCOc1ccc(OC(=O)C2CCN(S(=O)(=O)CC)CC2)cc1. The molecule has 24 heavy (non-hydrogen) atoms. The van der Waals surface area contributed by atoms with Crippen molar-refractivity contribution in [2.75, 3.05) is 25.4 Å². The van der Waals surface area contributed by atoms with Crippen molar-refractivity contribution in [3.63, 3.8) is 0 Å². The first-order valence-electron chi connectivity index (χ1n) is 8.38. The van der Waals surface area contributed by atoms with Crippen LogP contribution in [0.3, 0.4) is 0 Å². The van der Waals surface area contributed by atoms with Crippen molar-refractivity contribution in [3.8, 4) is 11.5 Å². The van der Waals surface area contributed by atoms with Gasteiger partial charge in [0.05, 0.1) is 18.3 Å². The van der Waals surface area contributed by atoms with Crippen molar-refractivity contribution in [1.82, 2.24) is 4.31 Å². The van der Waals surface area contributed by atoms with Gasteiger partial charge in [0.25, 0.3) is 0 Å². The topological polar surface area (TPSA) is 72.9 Å². The van der Waals surface area contributed by atoms with Crippen LogP contribution in [0, 0.1) is 5.92 Å². The maximum Gasteiger partial charge on any atom is 0.314 e. The molecule has 134 valence electrons. The summed E-state index contributed by atoms with van der Waals surface area (Å²) in [6.45, 7) is 5.06. The summed E-state index contributed by atoms with van der Waals surface area (Å²) in [7, 11) is -3.17. The summed E-state index contributed by atoms with van der Waals surface area (Å²) in [5.74, 6) is 0.756. The summed E-state index contributed by atoms with van der Waals surface area (Å²) in [5.41, 5.74) is 0. The molecule has 7 heteroatoms. The fraction of sp³-hybridized carbons (Fsp3) is 0.588. The van der Waals surface area contributed by atoms with Crippen molar-refractivity contribution in [2.24, 2.45) is 5.92 Å². The van der Waals surface area contributed by atoms with Gasteiger partial charge in [-0.25, -0.2) is 12.7 Å². The third-order valence-electron chi connectivity index (χ3n) is 4.06. The van der Waals surface area contributed by atoms with Gasteiger partial charge >= 0.3 is 5.97 Å². The van der Waals surface area contributed by atoms with E-state index >= 15 is 0 Å². The van der Waals surface area contributed by atoms with Gasteiger partial charge in [-0.1, -0.05) is 6.92 Å². The van der Waals surface area contributed by atoms with Crippen molar-refractivity contribution in [1.29, 1.82) is 0 Å². The largest absolute Gasteiger partial charge is 0.494 e. The van der Waals surface area contributed by atoms with Crippen LogP contribution >= 0.6 is 0 Å². The molecule has 0 bridgehead atoms. The molecule has 1 aliphatic heterocycles. The molecule has 0 N–H and O–H groups in total. The van der Waals surface area contributed by atoms with E-state index in [-0.39, 0.29) is 17.6 Å². The van der Waals surface area contributed by atoms with Crippen LogP contribution in [-0.4, -0.2) is 44.1 Å². The number of rotatable bonds is 7. The summed E-state index contributed by atoms with van der Waals surface area (Å²) >= 11 is 0. The third kappa shape index (κ3) is 4.95. The highest BCUT2D eigenvalue weighted by atomic mass is 32.2. The molecule has 1 aliphatic rings. The zero-order valence-corrected chi connectivity index (χ0v) is 15.0. The van der Waals surface area contributed by atoms with Crippen LogP contribution in [0.15, 0.2) is 24.3 Å². The Hall–Kier alpha value is -1.60. The van der Waals surface area contributed by atoms with Crippen LogP contribution in [0.2, 0.25) is 0 Å². The van der Waals surface area contributed by atoms with Gasteiger partial charge in [-0.15, -0.1) is 0 Å². The van der Waals surface area contributed by atoms with Crippen molar-refractivity contribution in [2.45, 2.75) is 33.1 Å². The molecule has 0 aliphatic carbocycles. The Morgan fingerprint density at radius 1 is 1.12 bits per heavy atom. The maximum absolute atomic E-state index is 12.2. The van der Waals surface area contributed by atoms with Gasteiger partial charge in [-0.3, -0.25) is 4.79 Å². The number of benzene rings is 1. The number of esters is 1. The first-order valence-corrected chi connectivity index (χ1v) is 9.99. The van der Waals surface area contributed by atoms with Gasteiger partial charge in [0.2, 0.25) is 10.0 Å². The molecule has 1 saturated heterocycles. The van der Waals surface area contributed by atoms with Crippen LogP contribution in [0.4, 0.5) is 0 Å². The summed E-state index contributed by atoms with van der Waals surface area (Å²) in [6.07, 6.45) is 1.93.